The van der Waals surface area contributed by atoms with E-state index in [4.69, 9.17) is 0 Å². The maximum atomic E-state index is 11.2. The van der Waals surface area contributed by atoms with Crippen molar-refractivity contribution < 1.29 is 0 Å². The lowest BCUT2D eigenvalue weighted by molar-refractivity contribution is 0.661. The van der Waals surface area contributed by atoms with Crippen LogP contribution in [0.3, 0.4) is 0 Å². The standard InChI is InChI=1S/C70H44N6/c1-69(2)59-22-12-8-18-51(59)55-33-57-53-20-10-14-24-63(53)75(65(57)35-61(55)69)67-47(37-71)29-45(30-48(67)38-72)43-26-42(41-16-6-5-7-17-41)27-44(28-43)46-31-49(39-73)68(50(32-46)40-74)76-64-25-15-11-21-54(64)58-34-56-52-19-9-13-23-60(52)70(3,4)62(56)36-66(58)76/h5-36H,1-4H3. The Hall–Kier alpha value is -10.2. The molecule has 14 rings (SSSR count). The van der Waals surface area contributed by atoms with Gasteiger partial charge in [0.05, 0.1) is 55.7 Å². The fourth-order valence-corrected chi connectivity index (χ4v) is 13.0. The average Bonchev–Trinajstić information content (AvgIpc) is 4.29. The molecule has 10 aromatic carbocycles. The summed E-state index contributed by atoms with van der Waals surface area (Å²) in [5.41, 5.74) is 20.2. The molecule has 0 unspecified atom stereocenters. The molecule has 0 N–H and O–H groups in total. The van der Waals surface area contributed by atoms with Crippen LogP contribution in [0.25, 0.3) is 111 Å². The smallest absolute Gasteiger partial charge is 0.101 e. The number of hydrogen-bond donors (Lipinski definition) is 0. The molecule has 2 aliphatic carbocycles. The molecule has 0 spiro atoms. The molecule has 0 radical (unpaired) electrons. The summed E-state index contributed by atoms with van der Waals surface area (Å²) in [6, 6.07) is 76.7. The van der Waals surface area contributed by atoms with Gasteiger partial charge in [0.2, 0.25) is 0 Å². The minimum absolute atomic E-state index is 0.262. The molecule has 0 fully saturated rings. The van der Waals surface area contributed by atoms with E-state index in [0.29, 0.717) is 44.8 Å². The number of fused-ring (bicyclic) bond motifs is 12. The Balaban J connectivity index is 0.957. The first kappa shape index (κ1) is 44.5. The van der Waals surface area contributed by atoms with Crippen molar-refractivity contribution in [2.45, 2.75) is 38.5 Å². The van der Waals surface area contributed by atoms with Gasteiger partial charge in [-0.25, -0.2) is 0 Å². The highest BCUT2D eigenvalue weighted by Crippen LogP contribution is 2.53. The van der Waals surface area contributed by atoms with Crippen LogP contribution < -0.4 is 0 Å². The molecule has 6 nitrogen and oxygen atoms in total. The highest BCUT2D eigenvalue weighted by Gasteiger charge is 2.38. The molecular weight excluding hydrogens is 925 g/mol. The van der Waals surface area contributed by atoms with E-state index in [1.807, 2.05) is 72.8 Å². The number of hydrogen-bond acceptors (Lipinski definition) is 4. The third-order valence-electron chi connectivity index (χ3n) is 16.6. The summed E-state index contributed by atoms with van der Waals surface area (Å²) >= 11 is 0. The van der Waals surface area contributed by atoms with Crippen molar-refractivity contribution in [3.8, 4) is 91.3 Å². The van der Waals surface area contributed by atoms with E-state index in [9.17, 15) is 21.0 Å². The van der Waals surface area contributed by atoms with Crippen molar-refractivity contribution >= 4 is 43.6 Å². The maximum Gasteiger partial charge on any atom is 0.101 e. The normalized spacial score (nSPS) is 13.4. The first-order chi connectivity index (χ1) is 37.0. The molecule has 0 atom stereocenters. The minimum Gasteiger partial charge on any atom is -0.307 e. The SMILES string of the molecule is CC1(C)c2ccccc2-c2cc3c4ccccc4n(-c4c(C#N)cc(-c5cc(-c6ccccc6)cc(-c6cc(C#N)c(-n7c8ccccc8c8cc9c(cc87)C(C)(C)c7ccccc7-9)c(C#N)c6)c5)cc4C#N)c3cc21. The van der Waals surface area contributed by atoms with Gasteiger partial charge in [-0.3, -0.25) is 0 Å². The van der Waals surface area contributed by atoms with Crippen LogP contribution in [0.4, 0.5) is 0 Å². The lowest BCUT2D eigenvalue weighted by Crippen LogP contribution is -2.15. The van der Waals surface area contributed by atoms with E-state index in [2.05, 4.69) is 182 Å². The molecule has 2 heterocycles. The summed E-state index contributed by atoms with van der Waals surface area (Å²) < 4.78 is 4.21. The van der Waals surface area contributed by atoms with Crippen molar-refractivity contribution in [2.24, 2.45) is 0 Å². The molecule has 2 aromatic heterocycles. The van der Waals surface area contributed by atoms with Gasteiger partial charge in [-0.1, -0.05) is 143 Å². The van der Waals surface area contributed by atoms with Crippen LogP contribution in [0.1, 0.15) is 72.2 Å². The van der Waals surface area contributed by atoms with Gasteiger partial charge in [0.1, 0.15) is 24.3 Å². The van der Waals surface area contributed by atoms with Gasteiger partial charge in [0.25, 0.3) is 0 Å². The van der Waals surface area contributed by atoms with Crippen molar-refractivity contribution in [1.29, 1.82) is 21.0 Å². The predicted octanol–water partition coefficient (Wildman–Crippen LogP) is 17.0. The molecule has 354 valence electrons. The van der Waals surface area contributed by atoms with Gasteiger partial charge >= 0.3 is 0 Å². The van der Waals surface area contributed by atoms with E-state index in [1.165, 1.54) is 44.5 Å². The molecule has 0 saturated heterocycles. The second-order valence-electron chi connectivity index (χ2n) is 21.3. The van der Waals surface area contributed by atoms with Crippen LogP contribution in [-0.2, 0) is 10.8 Å². The van der Waals surface area contributed by atoms with Crippen molar-refractivity contribution in [3.05, 3.63) is 239 Å². The van der Waals surface area contributed by atoms with Crippen LogP contribution in [-0.4, -0.2) is 9.13 Å². The topological polar surface area (TPSA) is 105 Å². The number of aromatic nitrogens is 2. The quantitative estimate of drug-likeness (QED) is 0.171. The second kappa shape index (κ2) is 16.1. The van der Waals surface area contributed by atoms with Crippen molar-refractivity contribution in [1.82, 2.24) is 9.13 Å². The summed E-state index contributed by atoms with van der Waals surface area (Å²) in [4.78, 5) is 0. The fourth-order valence-electron chi connectivity index (χ4n) is 13.0. The molecular formula is C70H44N6. The predicted molar refractivity (Wildman–Crippen MR) is 305 cm³/mol. The number of para-hydroxylation sites is 2. The summed E-state index contributed by atoms with van der Waals surface area (Å²) in [6.07, 6.45) is 0. The lowest BCUT2D eigenvalue weighted by Gasteiger charge is -2.22. The van der Waals surface area contributed by atoms with E-state index in [1.54, 1.807) is 0 Å². The summed E-state index contributed by atoms with van der Waals surface area (Å²) in [5, 5.41) is 49.0. The zero-order valence-corrected chi connectivity index (χ0v) is 42.2. The zero-order valence-electron chi connectivity index (χ0n) is 42.2. The molecule has 76 heavy (non-hydrogen) atoms. The summed E-state index contributed by atoms with van der Waals surface area (Å²) in [7, 11) is 0. The van der Waals surface area contributed by atoms with Gasteiger partial charge in [0, 0.05) is 32.4 Å². The summed E-state index contributed by atoms with van der Waals surface area (Å²) in [6.45, 7) is 9.04. The number of rotatable bonds is 5. The fraction of sp³-hybridized carbons (Fsp3) is 0.0857. The van der Waals surface area contributed by atoms with Crippen LogP contribution in [0.5, 0.6) is 0 Å². The van der Waals surface area contributed by atoms with E-state index in [0.717, 1.165) is 65.9 Å². The highest BCUT2D eigenvalue weighted by atomic mass is 15.0. The maximum absolute atomic E-state index is 11.2. The third-order valence-corrected chi connectivity index (χ3v) is 16.6. The van der Waals surface area contributed by atoms with Crippen LogP contribution >= 0.6 is 0 Å². The third kappa shape index (κ3) is 6.17. The number of nitriles is 4. The van der Waals surface area contributed by atoms with Gasteiger partial charge in [-0.15, -0.1) is 0 Å². The first-order valence-corrected chi connectivity index (χ1v) is 25.6. The van der Waals surface area contributed by atoms with Gasteiger partial charge in [0.15, 0.2) is 0 Å². The first-order valence-electron chi connectivity index (χ1n) is 25.6. The van der Waals surface area contributed by atoms with Crippen LogP contribution in [0.15, 0.2) is 194 Å². The second-order valence-corrected chi connectivity index (χ2v) is 21.3. The van der Waals surface area contributed by atoms with E-state index < -0.39 is 0 Å². The number of benzene rings is 10. The van der Waals surface area contributed by atoms with Crippen molar-refractivity contribution in [3.63, 3.8) is 0 Å². The van der Waals surface area contributed by atoms with Gasteiger partial charge in [-0.05, 0) is 157 Å². The summed E-state index contributed by atoms with van der Waals surface area (Å²) in [5.74, 6) is 0. The molecule has 0 bridgehead atoms. The molecule has 6 heteroatoms. The largest absolute Gasteiger partial charge is 0.307 e. The minimum atomic E-state index is -0.262. The Bertz CT molecular complexity index is 4390. The molecule has 12 aromatic rings. The Morgan fingerprint density at radius 1 is 0.289 bits per heavy atom. The Kier molecular flexibility index (Phi) is 9.44. The zero-order chi connectivity index (χ0) is 51.8. The van der Waals surface area contributed by atoms with E-state index >= 15 is 0 Å². The van der Waals surface area contributed by atoms with Crippen molar-refractivity contribution in [2.75, 3.05) is 0 Å². The highest BCUT2D eigenvalue weighted by molar-refractivity contribution is 6.13. The Morgan fingerprint density at radius 2 is 0.632 bits per heavy atom. The number of nitrogens with zero attached hydrogens (tertiary/aromatic N) is 6. The lowest BCUT2D eigenvalue weighted by atomic mass is 9.82. The van der Waals surface area contributed by atoms with Gasteiger partial charge in [-0.2, -0.15) is 21.0 Å². The molecule has 0 aliphatic heterocycles. The van der Waals surface area contributed by atoms with Crippen LogP contribution in [0, 0.1) is 45.3 Å². The average molecular weight is 969 g/mol. The van der Waals surface area contributed by atoms with Gasteiger partial charge < -0.3 is 9.13 Å². The Labute approximate surface area is 440 Å². The molecule has 0 amide bonds. The van der Waals surface area contributed by atoms with Crippen LogP contribution in [0.2, 0.25) is 0 Å². The molecule has 0 saturated carbocycles. The molecule has 2 aliphatic rings. The Morgan fingerprint density at radius 3 is 1.04 bits per heavy atom. The van der Waals surface area contributed by atoms with E-state index in [-0.39, 0.29) is 10.8 Å². The monoisotopic (exact) mass is 968 g/mol.